The van der Waals surface area contributed by atoms with Crippen molar-refractivity contribution >= 4 is 23.6 Å². The van der Waals surface area contributed by atoms with E-state index in [1.807, 2.05) is 4.90 Å². The zero-order valence-corrected chi connectivity index (χ0v) is 11.1. The SMILES string of the molecule is C[C@@H]1CCCN(C(=O)[C@@H]2CSCCC(=O)N2)C1. The van der Waals surface area contributed by atoms with Gasteiger partial charge in [0.1, 0.15) is 6.04 Å². The summed E-state index contributed by atoms with van der Waals surface area (Å²) in [4.78, 5) is 25.7. The summed E-state index contributed by atoms with van der Waals surface area (Å²) in [7, 11) is 0. The lowest BCUT2D eigenvalue weighted by Crippen LogP contribution is -2.51. The minimum Gasteiger partial charge on any atom is -0.343 e. The maximum absolute atomic E-state index is 12.3. The van der Waals surface area contributed by atoms with E-state index >= 15 is 0 Å². The van der Waals surface area contributed by atoms with Gasteiger partial charge in [0.05, 0.1) is 0 Å². The Hall–Kier alpha value is -0.710. The van der Waals surface area contributed by atoms with E-state index in [1.165, 1.54) is 6.42 Å². The number of amides is 2. The van der Waals surface area contributed by atoms with Crippen molar-refractivity contribution in [3.8, 4) is 0 Å². The normalized spacial score (nSPS) is 30.6. The van der Waals surface area contributed by atoms with Crippen LogP contribution in [-0.2, 0) is 9.59 Å². The number of rotatable bonds is 1. The molecule has 0 aromatic carbocycles. The largest absolute Gasteiger partial charge is 0.343 e. The molecule has 2 aliphatic rings. The smallest absolute Gasteiger partial charge is 0.246 e. The fourth-order valence-corrected chi connectivity index (χ4v) is 3.38. The van der Waals surface area contributed by atoms with Crippen LogP contribution in [0.25, 0.3) is 0 Å². The van der Waals surface area contributed by atoms with Crippen molar-refractivity contribution in [2.45, 2.75) is 32.2 Å². The summed E-state index contributed by atoms with van der Waals surface area (Å²) < 4.78 is 0. The highest BCUT2D eigenvalue weighted by molar-refractivity contribution is 7.99. The molecule has 0 radical (unpaired) electrons. The highest BCUT2D eigenvalue weighted by Gasteiger charge is 2.29. The van der Waals surface area contributed by atoms with Gasteiger partial charge in [0.2, 0.25) is 11.8 Å². The summed E-state index contributed by atoms with van der Waals surface area (Å²) in [5, 5.41) is 2.84. The number of nitrogens with one attached hydrogen (secondary N) is 1. The van der Waals surface area contributed by atoms with Gasteiger partial charge in [-0.1, -0.05) is 6.92 Å². The Kier molecular flexibility index (Phi) is 4.31. The van der Waals surface area contributed by atoms with E-state index < -0.39 is 0 Å². The molecule has 4 nitrogen and oxygen atoms in total. The molecule has 0 aromatic rings. The molecule has 0 unspecified atom stereocenters. The van der Waals surface area contributed by atoms with Crippen LogP contribution >= 0.6 is 11.8 Å². The molecule has 2 aliphatic heterocycles. The van der Waals surface area contributed by atoms with Crippen LogP contribution in [0.3, 0.4) is 0 Å². The van der Waals surface area contributed by atoms with E-state index in [9.17, 15) is 9.59 Å². The standard InChI is InChI=1S/C12H20N2O2S/c1-9-3-2-5-14(7-9)12(16)10-8-17-6-4-11(15)13-10/h9-10H,2-8H2,1H3,(H,13,15)/t9-,10+/m1/s1. The molecule has 2 rings (SSSR count). The van der Waals surface area contributed by atoms with Crippen LogP contribution in [0.15, 0.2) is 0 Å². The fraction of sp³-hybridized carbons (Fsp3) is 0.833. The van der Waals surface area contributed by atoms with Gasteiger partial charge in [0, 0.05) is 31.0 Å². The number of carbonyl (C=O) groups is 2. The van der Waals surface area contributed by atoms with Crippen LogP contribution in [0, 0.1) is 5.92 Å². The molecule has 2 saturated heterocycles. The molecule has 0 bridgehead atoms. The quantitative estimate of drug-likeness (QED) is 0.757. The van der Waals surface area contributed by atoms with Crippen molar-refractivity contribution in [1.82, 2.24) is 10.2 Å². The molecule has 0 spiro atoms. The zero-order valence-electron chi connectivity index (χ0n) is 10.3. The number of carbonyl (C=O) groups excluding carboxylic acids is 2. The average molecular weight is 256 g/mol. The van der Waals surface area contributed by atoms with Crippen molar-refractivity contribution in [1.29, 1.82) is 0 Å². The van der Waals surface area contributed by atoms with Crippen molar-refractivity contribution in [2.75, 3.05) is 24.6 Å². The summed E-state index contributed by atoms with van der Waals surface area (Å²) in [5.41, 5.74) is 0. The molecule has 2 atom stereocenters. The Morgan fingerprint density at radius 1 is 1.53 bits per heavy atom. The fourth-order valence-electron chi connectivity index (χ4n) is 2.42. The van der Waals surface area contributed by atoms with Gasteiger partial charge >= 0.3 is 0 Å². The van der Waals surface area contributed by atoms with E-state index in [1.54, 1.807) is 11.8 Å². The third-order valence-corrected chi connectivity index (χ3v) is 4.42. The molecule has 2 amide bonds. The van der Waals surface area contributed by atoms with Gasteiger partial charge in [-0.2, -0.15) is 11.8 Å². The summed E-state index contributed by atoms with van der Waals surface area (Å²) in [6.07, 6.45) is 2.82. The average Bonchev–Trinajstić information content (AvgIpc) is 2.53. The zero-order chi connectivity index (χ0) is 12.3. The molecule has 0 saturated carbocycles. The van der Waals surface area contributed by atoms with Crippen molar-refractivity contribution in [2.24, 2.45) is 5.92 Å². The number of thioether (sulfide) groups is 1. The molecular formula is C12H20N2O2S. The van der Waals surface area contributed by atoms with Crippen molar-refractivity contribution in [3.05, 3.63) is 0 Å². The molecule has 2 fully saturated rings. The summed E-state index contributed by atoms with van der Waals surface area (Å²) in [5.74, 6) is 2.25. The van der Waals surface area contributed by atoms with Crippen LogP contribution in [0.4, 0.5) is 0 Å². The Labute approximate surface area is 106 Å². The van der Waals surface area contributed by atoms with E-state index in [-0.39, 0.29) is 17.9 Å². The van der Waals surface area contributed by atoms with E-state index in [4.69, 9.17) is 0 Å². The first-order valence-electron chi connectivity index (χ1n) is 6.32. The van der Waals surface area contributed by atoms with Gasteiger partial charge in [-0.25, -0.2) is 0 Å². The first kappa shape index (κ1) is 12.7. The van der Waals surface area contributed by atoms with Crippen LogP contribution < -0.4 is 5.32 Å². The minimum absolute atomic E-state index is 0.0124. The topological polar surface area (TPSA) is 49.4 Å². The summed E-state index contributed by atoms with van der Waals surface area (Å²) >= 11 is 1.69. The number of nitrogens with zero attached hydrogens (tertiary/aromatic N) is 1. The lowest BCUT2D eigenvalue weighted by atomic mass is 10.00. The Morgan fingerprint density at radius 3 is 3.12 bits per heavy atom. The number of hydrogen-bond acceptors (Lipinski definition) is 3. The first-order valence-corrected chi connectivity index (χ1v) is 7.48. The first-order chi connectivity index (χ1) is 8.16. The van der Waals surface area contributed by atoms with Crippen molar-refractivity contribution in [3.63, 3.8) is 0 Å². The molecule has 2 heterocycles. The van der Waals surface area contributed by atoms with E-state index in [0.717, 1.165) is 31.0 Å². The van der Waals surface area contributed by atoms with Crippen LogP contribution in [0.5, 0.6) is 0 Å². The lowest BCUT2D eigenvalue weighted by Gasteiger charge is -2.33. The van der Waals surface area contributed by atoms with Gasteiger partial charge in [-0.05, 0) is 18.8 Å². The van der Waals surface area contributed by atoms with E-state index in [2.05, 4.69) is 12.2 Å². The second-order valence-electron chi connectivity index (χ2n) is 4.98. The minimum atomic E-state index is -0.305. The van der Waals surface area contributed by atoms with Gasteiger partial charge in [0.15, 0.2) is 0 Å². The van der Waals surface area contributed by atoms with Crippen molar-refractivity contribution < 1.29 is 9.59 Å². The second-order valence-corrected chi connectivity index (χ2v) is 6.13. The number of likely N-dealkylation sites (tertiary alicyclic amines) is 1. The Morgan fingerprint density at radius 2 is 2.35 bits per heavy atom. The molecule has 0 aliphatic carbocycles. The van der Waals surface area contributed by atoms with Gasteiger partial charge in [-0.15, -0.1) is 0 Å². The van der Waals surface area contributed by atoms with Gasteiger partial charge in [0.25, 0.3) is 0 Å². The van der Waals surface area contributed by atoms with Crippen LogP contribution in [0.2, 0.25) is 0 Å². The molecule has 1 N–H and O–H groups in total. The third kappa shape index (κ3) is 3.37. The molecule has 0 aromatic heterocycles. The predicted octanol–water partition coefficient (Wildman–Crippen LogP) is 0.867. The maximum atomic E-state index is 12.3. The second kappa shape index (κ2) is 5.76. The Balaban J connectivity index is 1.95. The van der Waals surface area contributed by atoms with Crippen LogP contribution in [0.1, 0.15) is 26.2 Å². The van der Waals surface area contributed by atoms with Crippen LogP contribution in [-0.4, -0.2) is 47.4 Å². The Bertz CT molecular complexity index is 309. The summed E-state index contributed by atoms with van der Waals surface area (Å²) in [6, 6.07) is -0.305. The number of piperidine rings is 1. The third-order valence-electron chi connectivity index (χ3n) is 3.36. The monoisotopic (exact) mass is 256 g/mol. The highest BCUT2D eigenvalue weighted by Crippen LogP contribution is 2.18. The number of hydrogen-bond donors (Lipinski definition) is 1. The lowest BCUT2D eigenvalue weighted by molar-refractivity contribution is -0.137. The van der Waals surface area contributed by atoms with Gasteiger partial charge < -0.3 is 10.2 Å². The molecule has 17 heavy (non-hydrogen) atoms. The highest BCUT2D eigenvalue weighted by atomic mass is 32.2. The van der Waals surface area contributed by atoms with E-state index in [0.29, 0.717) is 12.3 Å². The maximum Gasteiger partial charge on any atom is 0.246 e. The molecular weight excluding hydrogens is 236 g/mol. The predicted molar refractivity (Wildman–Crippen MR) is 68.9 cm³/mol. The molecule has 5 heteroatoms. The molecule has 96 valence electrons. The summed E-state index contributed by atoms with van der Waals surface area (Å²) in [6.45, 7) is 3.87. The van der Waals surface area contributed by atoms with Gasteiger partial charge in [-0.3, -0.25) is 9.59 Å².